The van der Waals surface area contributed by atoms with Crippen molar-refractivity contribution in [3.63, 3.8) is 0 Å². The van der Waals surface area contributed by atoms with Gasteiger partial charge in [-0.25, -0.2) is 9.78 Å². The van der Waals surface area contributed by atoms with Crippen molar-refractivity contribution in [2.45, 2.75) is 37.6 Å². The molecular weight excluding hydrogens is 457 g/mol. The van der Waals surface area contributed by atoms with Crippen molar-refractivity contribution in [3.05, 3.63) is 48.0 Å². The fourth-order valence-electron chi connectivity index (χ4n) is 4.44. The van der Waals surface area contributed by atoms with E-state index in [2.05, 4.69) is 20.4 Å². The number of aromatic carboxylic acids is 1. The highest BCUT2D eigenvalue weighted by molar-refractivity contribution is 6.01. The smallest absolute Gasteiger partial charge is 0.434 e. The number of carboxylic acids is 1. The van der Waals surface area contributed by atoms with Gasteiger partial charge < -0.3 is 15.3 Å². The van der Waals surface area contributed by atoms with Crippen LogP contribution in [0.4, 0.5) is 19.0 Å². The number of hydrogen-bond donors (Lipinski definition) is 2. The highest BCUT2D eigenvalue weighted by Crippen LogP contribution is 2.48. The monoisotopic (exact) mass is 474 g/mol. The average molecular weight is 474 g/mol. The van der Waals surface area contributed by atoms with Crippen molar-refractivity contribution in [1.29, 1.82) is 0 Å². The van der Waals surface area contributed by atoms with Crippen LogP contribution >= 0.6 is 0 Å². The Labute approximate surface area is 189 Å². The van der Waals surface area contributed by atoms with E-state index >= 15 is 0 Å². The first kappa shape index (κ1) is 21.8. The first-order valence-corrected chi connectivity index (χ1v) is 10.3. The van der Waals surface area contributed by atoms with Crippen LogP contribution in [-0.2, 0) is 22.3 Å². The van der Waals surface area contributed by atoms with Gasteiger partial charge in [-0.1, -0.05) is 18.2 Å². The number of carbonyl (C=O) groups excluding carboxylic acids is 2. The minimum Gasteiger partial charge on any atom is -0.476 e. The van der Waals surface area contributed by atoms with Gasteiger partial charge in [0.1, 0.15) is 12.6 Å². The quantitative estimate of drug-likeness (QED) is 0.580. The number of fused-ring (bicyclic) bond motifs is 2. The Hall–Kier alpha value is -4.03. The van der Waals surface area contributed by atoms with Crippen molar-refractivity contribution in [3.8, 4) is 0 Å². The summed E-state index contributed by atoms with van der Waals surface area (Å²) in [4.78, 5) is 45.8. The van der Waals surface area contributed by atoms with E-state index in [-0.39, 0.29) is 30.0 Å². The molecule has 0 radical (unpaired) electrons. The number of piperidine rings is 1. The Morgan fingerprint density at radius 1 is 1.15 bits per heavy atom. The van der Waals surface area contributed by atoms with Crippen LogP contribution in [0, 0.1) is 5.92 Å². The van der Waals surface area contributed by atoms with Gasteiger partial charge in [0.05, 0.1) is 17.9 Å². The number of nitrogens with one attached hydrogen (secondary N) is 1. The van der Waals surface area contributed by atoms with E-state index in [0.29, 0.717) is 23.5 Å². The normalized spacial score (nSPS) is 21.4. The number of carboxylic acid groups (broad SMARTS) is 1. The van der Waals surface area contributed by atoms with Gasteiger partial charge >= 0.3 is 12.1 Å². The molecule has 3 aromatic rings. The summed E-state index contributed by atoms with van der Waals surface area (Å²) in [5.41, 5.74) is -0.973. The molecule has 1 aromatic carbocycles. The van der Waals surface area contributed by atoms with E-state index in [1.54, 1.807) is 24.3 Å². The fraction of sp³-hybridized carbons (Fsp3) is 0.333. The third-order valence-corrected chi connectivity index (χ3v) is 6.02. The van der Waals surface area contributed by atoms with E-state index in [4.69, 9.17) is 0 Å². The third kappa shape index (κ3) is 3.82. The maximum Gasteiger partial charge on any atom is 0.434 e. The minimum atomic E-state index is -4.72. The van der Waals surface area contributed by atoms with Crippen LogP contribution < -0.4 is 5.32 Å². The summed E-state index contributed by atoms with van der Waals surface area (Å²) in [6, 6.07) is 5.53. The van der Waals surface area contributed by atoms with Crippen LogP contribution in [0.3, 0.4) is 0 Å². The van der Waals surface area contributed by atoms with Crippen LogP contribution in [0.15, 0.2) is 36.7 Å². The highest BCUT2D eigenvalue weighted by Gasteiger charge is 2.56. The average Bonchev–Trinajstić information content (AvgIpc) is 3.29. The predicted octanol–water partition coefficient (Wildman–Crippen LogP) is 2.17. The standard InChI is InChI=1S/C21H17F3N6O4/c22-21(23,24)15-7-25-8-16(26-15)27-19(32)14-6-10-5-13(10)30(14)17(31)9-29-12-4-2-1-3-11(12)18(28-29)20(33)34/h1-4,7-8,10,13-14H,5-6,9H2,(H,33,34)(H,26,27,32)/t10-,13-,14+/m1/s1. The van der Waals surface area contributed by atoms with Crippen LogP contribution in [0.1, 0.15) is 29.0 Å². The van der Waals surface area contributed by atoms with E-state index in [1.165, 1.54) is 9.58 Å². The van der Waals surface area contributed by atoms with Crippen LogP contribution in [0.5, 0.6) is 0 Å². The second-order valence-corrected chi connectivity index (χ2v) is 8.22. The molecule has 2 aromatic heterocycles. The van der Waals surface area contributed by atoms with Crippen LogP contribution in [-0.4, -0.2) is 59.6 Å². The predicted molar refractivity (Wildman–Crippen MR) is 110 cm³/mol. The molecule has 2 fully saturated rings. The van der Waals surface area contributed by atoms with Gasteiger partial charge in [-0.05, 0) is 24.8 Å². The first-order valence-electron chi connectivity index (χ1n) is 10.3. The Morgan fingerprint density at radius 2 is 1.91 bits per heavy atom. The van der Waals surface area contributed by atoms with Crippen molar-refractivity contribution >= 4 is 34.5 Å². The molecule has 2 N–H and O–H groups in total. The molecule has 3 heterocycles. The Bertz CT molecular complexity index is 1320. The molecule has 13 heteroatoms. The van der Waals surface area contributed by atoms with Crippen molar-refractivity contribution in [1.82, 2.24) is 24.6 Å². The molecule has 1 saturated heterocycles. The van der Waals surface area contributed by atoms with Gasteiger partial charge in [0, 0.05) is 11.4 Å². The van der Waals surface area contributed by atoms with Crippen LogP contribution in [0.2, 0.25) is 0 Å². The lowest BCUT2D eigenvalue weighted by Crippen LogP contribution is -2.46. The zero-order valence-electron chi connectivity index (χ0n) is 17.4. The number of alkyl halides is 3. The Kier molecular flexibility index (Phi) is 4.99. The molecule has 3 atom stereocenters. The third-order valence-electron chi connectivity index (χ3n) is 6.02. The van der Waals surface area contributed by atoms with Gasteiger partial charge in [-0.15, -0.1) is 0 Å². The number of carbonyl (C=O) groups is 3. The van der Waals surface area contributed by atoms with Gasteiger partial charge in [-0.3, -0.25) is 19.3 Å². The number of anilines is 1. The molecule has 1 aliphatic heterocycles. The van der Waals surface area contributed by atoms with E-state index < -0.39 is 35.7 Å². The molecule has 1 saturated carbocycles. The lowest BCUT2D eigenvalue weighted by molar-refractivity contribution is -0.141. The molecule has 176 valence electrons. The zero-order chi connectivity index (χ0) is 24.2. The number of para-hydroxylation sites is 1. The molecule has 2 amide bonds. The number of likely N-dealkylation sites (tertiary alicyclic amines) is 1. The summed E-state index contributed by atoms with van der Waals surface area (Å²) < 4.78 is 39.9. The topological polar surface area (TPSA) is 130 Å². The number of hydrogen-bond acceptors (Lipinski definition) is 6. The van der Waals surface area contributed by atoms with Crippen molar-refractivity contribution < 1.29 is 32.7 Å². The maximum atomic E-state index is 13.2. The minimum absolute atomic E-state index is 0.122. The SMILES string of the molecule is O=C(O)c1nn(CC(=O)N2[C@@H]3C[C@@H]3C[C@H]2C(=O)Nc2cncc(C(F)(F)F)n2)c2ccccc12. The molecular formula is C21H17F3N6O4. The number of rotatable bonds is 5. The van der Waals surface area contributed by atoms with Crippen molar-refractivity contribution in [2.75, 3.05) is 5.32 Å². The van der Waals surface area contributed by atoms with Gasteiger partial charge in [0.15, 0.2) is 17.2 Å². The summed E-state index contributed by atoms with van der Waals surface area (Å²) in [5, 5.41) is 16.2. The van der Waals surface area contributed by atoms with Crippen LogP contribution in [0.25, 0.3) is 10.9 Å². The number of nitrogens with zero attached hydrogens (tertiary/aromatic N) is 5. The fourth-order valence-corrected chi connectivity index (χ4v) is 4.44. The summed E-state index contributed by atoms with van der Waals surface area (Å²) in [7, 11) is 0. The van der Waals surface area contributed by atoms with Gasteiger partial charge in [0.25, 0.3) is 0 Å². The van der Waals surface area contributed by atoms with E-state index in [0.717, 1.165) is 12.6 Å². The molecule has 1 aliphatic carbocycles. The molecule has 10 nitrogen and oxygen atoms in total. The Morgan fingerprint density at radius 3 is 2.65 bits per heavy atom. The first-order chi connectivity index (χ1) is 16.1. The molecule has 34 heavy (non-hydrogen) atoms. The molecule has 5 rings (SSSR count). The summed E-state index contributed by atoms with van der Waals surface area (Å²) in [6.45, 7) is -0.288. The van der Waals surface area contributed by atoms with Gasteiger partial charge in [0.2, 0.25) is 11.8 Å². The number of benzene rings is 1. The summed E-state index contributed by atoms with van der Waals surface area (Å²) >= 11 is 0. The van der Waals surface area contributed by atoms with E-state index in [1.807, 2.05) is 0 Å². The van der Waals surface area contributed by atoms with Crippen molar-refractivity contribution in [2.24, 2.45) is 5.92 Å². The Balaban J connectivity index is 1.36. The van der Waals surface area contributed by atoms with E-state index in [9.17, 15) is 32.7 Å². The van der Waals surface area contributed by atoms with Gasteiger partial charge in [-0.2, -0.15) is 18.3 Å². The second-order valence-electron chi connectivity index (χ2n) is 8.22. The second kappa shape index (κ2) is 7.78. The number of aromatic nitrogens is 4. The molecule has 0 bridgehead atoms. The lowest BCUT2D eigenvalue weighted by atomic mass is 10.1. The largest absolute Gasteiger partial charge is 0.476 e. The summed E-state index contributed by atoms with van der Waals surface area (Å²) in [5.74, 6) is -2.57. The highest BCUT2D eigenvalue weighted by atomic mass is 19.4. The lowest BCUT2D eigenvalue weighted by Gasteiger charge is -2.26. The molecule has 2 aliphatic rings. The molecule has 0 unspecified atom stereocenters. The number of halogens is 3. The molecule has 0 spiro atoms. The summed E-state index contributed by atoms with van der Waals surface area (Å²) in [6.07, 6.45) is -2.08. The zero-order valence-corrected chi connectivity index (χ0v) is 17.4. The number of amides is 2. The maximum absolute atomic E-state index is 13.2.